The Labute approximate surface area is 126 Å². The van der Waals surface area contributed by atoms with E-state index in [1.807, 2.05) is 48.0 Å². The molecule has 0 aliphatic rings. The molecule has 0 atom stereocenters. The number of aliphatic hydroxyl groups excluding tert-OH is 1. The van der Waals surface area contributed by atoms with Gasteiger partial charge in [-0.25, -0.2) is 4.98 Å². The molecule has 4 nitrogen and oxygen atoms in total. The zero-order chi connectivity index (χ0) is 14.7. The standard InChI is InChI=1S/C16H15NO3S/c1-11-15(17-16(20-11)13-6-7-21-10-13)9-19-14-4-2-12(8-18)3-5-14/h2-7,10,18H,8-9H2,1H3. The van der Waals surface area contributed by atoms with Crippen molar-refractivity contribution < 1.29 is 14.3 Å². The topological polar surface area (TPSA) is 55.5 Å². The molecule has 0 bridgehead atoms. The molecule has 1 N–H and O–H groups in total. The van der Waals surface area contributed by atoms with Crippen LogP contribution in [0.15, 0.2) is 45.5 Å². The molecule has 5 heteroatoms. The molecule has 3 aromatic rings. The van der Waals surface area contributed by atoms with Crippen molar-refractivity contribution in [1.82, 2.24) is 4.98 Å². The van der Waals surface area contributed by atoms with Gasteiger partial charge in [0.25, 0.3) is 0 Å². The van der Waals surface area contributed by atoms with Crippen molar-refractivity contribution >= 4 is 11.3 Å². The van der Waals surface area contributed by atoms with Crippen molar-refractivity contribution in [2.24, 2.45) is 0 Å². The van der Waals surface area contributed by atoms with Crippen LogP contribution in [0.1, 0.15) is 17.0 Å². The Morgan fingerprint density at radius 1 is 1.24 bits per heavy atom. The molecule has 3 rings (SSSR count). The van der Waals surface area contributed by atoms with E-state index >= 15 is 0 Å². The van der Waals surface area contributed by atoms with Gasteiger partial charge in [-0.3, -0.25) is 0 Å². The van der Waals surface area contributed by atoms with Crippen molar-refractivity contribution in [3.8, 4) is 17.2 Å². The number of nitrogens with zero attached hydrogens (tertiary/aromatic N) is 1. The first-order valence-corrected chi connectivity index (χ1v) is 7.52. The van der Waals surface area contributed by atoms with E-state index in [9.17, 15) is 0 Å². The number of benzene rings is 1. The van der Waals surface area contributed by atoms with Crippen LogP contribution in [0.25, 0.3) is 11.5 Å². The predicted octanol–water partition coefficient (Wildman–Crippen LogP) is 3.78. The minimum Gasteiger partial charge on any atom is -0.487 e. The lowest BCUT2D eigenvalue weighted by Gasteiger charge is -2.05. The molecular formula is C16H15NO3S. The minimum absolute atomic E-state index is 0.0344. The molecule has 0 fully saturated rings. The highest BCUT2D eigenvalue weighted by Gasteiger charge is 2.12. The fraction of sp³-hybridized carbons (Fsp3) is 0.188. The number of hydrogen-bond donors (Lipinski definition) is 1. The van der Waals surface area contributed by atoms with Gasteiger partial charge in [0.2, 0.25) is 5.89 Å². The van der Waals surface area contributed by atoms with Gasteiger partial charge in [-0.15, -0.1) is 0 Å². The minimum atomic E-state index is 0.0344. The highest BCUT2D eigenvalue weighted by atomic mass is 32.1. The van der Waals surface area contributed by atoms with Crippen molar-refractivity contribution in [3.05, 3.63) is 58.1 Å². The molecule has 0 radical (unpaired) electrons. The Morgan fingerprint density at radius 3 is 2.71 bits per heavy atom. The maximum atomic E-state index is 9.00. The summed E-state index contributed by atoms with van der Waals surface area (Å²) in [7, 11) is 0. The molecule has 2 heterocycles. The second-order valence-corrected chi connectivity index (χ2v) is 5.40. The quantitative estimate of drug-likeness (QED) is 0.779. The Kier molecular flexibility index (Phi) is 4.03. The number of hydrogen-bond acceptors (Lipinski definition) is 5. The Bertz CT molecular complexity index is 702. The van der Waals surface area contributed by atoms with Gasteiger partial charge < -0.3 is 14.3 Å². The van der Waals surface area contributed by atoms with Crippen molar-refractivity contribution in [2.75, 3.05) is 0 Å². The molecule has 2 aromatic heterocycles. The summed E-state index contributed by atoms with van der Waals surface area (Å²) in [4.78, 5) is 4.48. The van der Waals surface area contributed by atoms with Gasteiger partial charge in [0.1, 0.15) is 23.8 Å². The third kappa shape index (κ3) is 3.15. The van der Waals surface area contributed by atoms with Crippen LogP contribution in [0, 0.1) is 6.92 Å². The molecule has 0 aliphatic heterocycles. The average molecular weight is 301 g/mol. The first-order chi connectivity index (χ1) is 10.3. The number of aromatic nitrogens is 1. The first kappa shape index (κ1) is 13.9. The number of aryl methyl sites for hydroxylation is 1. The summed E-state index contributed by atoms with van der Waals surface area (Å²) in [5, 5.41) is 13.0. The SMILES string of the molecule is Cc1oc(-c2ccsc2)nc1COc1ccc(CO)cc1. The van der Waals surface area contributed by atoms with E-state index in [0.29, 0.717) is 12.5 Å². The summed E-state index contributed by atoms with van der Waals surface area (Å²) >= 11 is 1.61. The highest BCUT2D eigenvalue weighted by Crippen LogP contribution is 2.24. The van der Waals surface area contributed by atoms with Crippen LogP contribution in [0.4, 0.5) is 0 Å². The summed E-state index contributed by atoms with van der Waals surface area (Å²) < 4.78 is 11.4. The second-order valence-electron chi connectivity index (χ2n) is 4.62. The van der Waals surface area contributed by atoms with Crippen molar-refractivity contribution in [2.45, 2.75) is 20.1 Å². The van der Waals surface area contributed by atoms with Gasteiger partial charge in [0.15, 0.2) is 0 Å². The van der Waals surface area contributed by atoms with E-state index in [1.165, 1.54) is 0 Å². The van der Waals surface area contributed by atoms with E-state index < -0.39 is 0 Å². The number of thiophene rings is 1. The maximum absolute atomic E-state index is 9.00. The Morgan fingerprint density at radius 2 is 2.05 bits per heavy atom. The number of oxazole rings is 1. The summed E-state index contributed by atoms with van der Waals surface area (Å²) in [6.45, 7) is 2.28. The third-order valence-electron chi connectivity index (χ3n) is 3.14. The fourth-order valence-corrected chi connectivity index (χ4v) is 2.54. The lowest BCUT2D eigenvalue weighted by Crippen LogP contribution is -1.97. The van der Waals surface area contributed by atoms with E-state index in [1.54, 1.807) is 11.3 Å². The molecular weight excluding hydrogens is 286 g/mol. The summed E-state index contributed by atoms with van der Waals surface area (Å²) in [6.07, 6.45) is 0. The monoisotopic (exact) mass is 301 g/mol. The third-order valence-corrected chi connectivity index (χ3v) is 3.83. The molecule has 108 valence electrons. The van der Waals surface area contributed by atoms with E-state index in [0.717, 1.165) is 28.3 Å². The van der Waals surface area contributed by atoms with E-state index in [-0.39, 0.29) is 6.61 Å². The predicted molar refractivity (Wildman–Crippen MR) is 81.2 cm³/mol. The number of rotatable bonds is 5. The van der Waals surface area contributed by atoms with E-state index in [2.05, 4.69) is 4.98 Å². The van der Waals surface area contributed by atoms with Crippen molar-refractivity contribution in [1.29, 1.82) is 0 Å². The summed E-state index contributed by atoms with van der Waals surface area (Å²) in [6, 6.07) is 9.32. The van der Waals surface area contributed by atoms with Crippen molar-refractivity contribution in [3.63, 3.8) is 0 Å². The van der Waals surface area contributed by atoms with Gasteiger partial charge >= 0.3 is 0 Å². The molecule has 0 spiro atoms. The molecule has 21 heavy (non-hydrogen) atoms. The van der Waals surface area contributed by atoms with Gasteiger partial charge in [-0.1, -0.05) is 12.1 Å². The molecule has 0 unspecified atom stereocenters. The summed E-state index contributed by atoms with van der Waals surface area (Å²) in [5.41, 5.74) is 2.64. The van der Waals surface area contributed by atoms with Crippen LogP contribution >= 0.6 is 11.3 Å². The van der Waals surface area contributed by atoms with Gasteiger partial charge in [0.05, 0.1) is 6.61 Å². The van der Waals surface area contributed by atoms with Crippen LogP contribution < -0.4 is 4.74 Å². The molecule has 0 amide bonds. The van der Waals surface area contributed by atoms with E-state index in [4.69, 9.17) is 14.3 Å². The highest BCUT2D eigenvalue weighted by molar-refractivity contribution is 7.08. The molecule has 0 aliphatic carbocycles. The largest absolute Gasteiger partial charge is 0.487 e. The van der Waals surface area contributed by atoms with Crippen LogP contribution in [-0.4, -0.2) is 10.1 Å². The van der Waals surface area contributed by atoms with Crippen LogP contribution in [0.2, 0.25) is 0 Å². The Hall–Kier alpha value is -2.11. The van der Waals surface area contributed by atoms with Crippen LogP contribution in [-0.2, 0) is 13.2 Å². The van der Waals surface area contributed by atoms with Gasteiger partial charge in [-0.05, 0) is 36.1 Å². The first-order valence-electron chi connectivity index (χ1n) is 6.58. The van der Waals surface area contributed by atoms with Crippen LogP contribution in [0.3, 0.4) is 0 Å². The number of ether oxygens (including phenoxy) is 1. The second kappa shape index (κ2) is 6.11. The lowest BCUT2D eigenvalue weighted by atomic mass is 10.2. The smallest absolute Gasteiger partial charge is 0.227 e. The zero-order valence-corrected chi connectivity index (χ0v) is 12.4. The fourth-order valence-electron chi connectivity index (χ4n) is 1.91. The molecule has 1 aromatic carbocycles. The average Bonchev–Trinajstić information content (AvgIpc) is 3.15. The lowest BCUT2D eigenvalue weighted by molar-refractivity contribution is 0.280. The molecule has 0 saturated heterocycles. The van der Waals surface area contributed by atoms with Gasteiger partial charge in [-0.2, -0.15) is 11.3 Å². The Balaban J connectivity index is 1.70. The summed E-state index contributed by atoms with van der Waals surface area (Å²) in [5.74, 6) is 2.14. The van der Waals surface area contributed by atoms with Gasteiger partial charge in [0, 0.05) is 10.9 Å². The zero-order valence-electron chi connectivity index (χ0n) is 11.6. The molecule has 0 saturated carbocycles. The van der Waals surface area contributed by atoms with Crippen LogP contribution in [0.5, 0.6) is 5.75 Å². The normalized spacial score (nSPS) is 10.8. The number of aliphatic hydroxyl groups is 1. The maximum Gasteiger partial charge on any atom is 0.227 e.